The summed E-state index contributed by atoms with van der Waals surface area (Å²) in [4.78, 5) is 10.3. The van der Waals surface area contributed by atoms with Crippen LogP contribution >= 0.6 is 0 Å². The van der Waals surface area contributed by atoms with Crippen LogP contribution in [-0.4, -0.2) is 51.3 Å². The molecule has 0 radical (unpaired) electrons. The molecule has 0 aromatic carbocycles. The van der Waals surface area contributed by atoms with E-state index in [4.69, 9.17) is 4.74 Å². The van der Waals surface area contributed by atoms with Crippen LogP contribution in [0.15, 0.2) is 24.4 Å². The number of carbonyl (C=O) groups is 1. The van der Waals surface area contributed by atoms with E-state index >= 15 is 0 Å². The highest BCUT2D eigenvalue weighted by atomic mass is 16.5. The third-order valence-corrected chi connectivity index (χ3v) is 1.76. The number of allylic oxidation sites excluding steroid dienone is 2. The van der Waals surface area contributed by atoms with Gasteiger partial charge in [-0.05, 0) is 12.3 Å². The molecule has 92 valence electrons. The summed E-state index contributed by atoms with van der Waals surface area (Å²) in [6, 6.07) is 0. The van der Waals surface area contributed by atoms with Crippen LogP contribution in [0.3, 0.4) is 0 Å². The lowest BCUT2D eigenvalue weighted by Crippen LogP contribution is -2.37. The maximum absolute atomic E-state index is 10.3. The maximum Gasteiger partial charge on any atom is 0.302 e. The van der Waals surface area contributed by atoms with Gasteiger partial charge in [-0.2, -0.15) is 0 Å². The summed E-state index contributed by atoms with van der Waals surface area (Å²) in [5.41, 5.74) is 0. The highest BCUT2D eigenvalue weighted by Gasteiger charge is 2.06. The Morgan fingerprint density at radius 2 is 2.06 bits per heavy atom. The van der Waals surface area contributed by atoms with Gasteiger partial charge in [-0.15, -0.1) is 0 Å². The van der Waals surface area contributed by atoms with Crippen LogP contribution in [-0.2, 0) is 9.53 Å². The molecule has 0 unspecified atom stereocenters. The third-order valence-electron chi connectivity index (χ3n) is 1.76. The minimum atomic E-state index is -0.201. The Balaban J connectivity index is 0.000000315. The van der Waals surface area contributed by atoms with Crippen LogP contribution < -0.4 is 5.32 Å². The van der Waals surface area contributed by atoms with E-state index in [2.05, 4.69) is 32.5 Å². The summed E-state index contributed by atoms with van der Waals surface area (Å²) in [6.45, 7) is 3.78. The van der Waals surface area contributed by atoms with Crippen molar-refractivity contribution >= 4 is 5.97 Å². The van der Waals surface area contributed by atoms with Gasteiger partial charge in [0, 0.05) is 13.5 Å². The van der Waals surface area contributed by atoms with Gasteiger partial charge < -0.3 is 14.5 Å². The van der Waals surface area contributed by atoms with Gasteiger partial charge in [0.2, 0.25) is 0 Å². The Morgan fingerprint density at radius 3 is 2.31 bits per heavy atom. The predicted molar refractivity (Wildman–Crippen MR) is 65.8 cm³/mol. The van der Waals surface area contributed by atoms with E-state index in [9.17, 15) is 4.79 Å². The Bertz CT molecular complexity index is 240. The number of esters is 1. The summed E-state index contributed by atoms with van der Waals surface area (Å²) in [5.74, 6) is -0.201. The van der Waals surface area contributed by atoms with Crippen molar-refractivity contribution < 1.29 is 14.0 Å². The summed E-state index contributed by atoms with van der Waals surface area (Å²) in [7, 11) is 6.18. The number of hydrogen-bond acceptors (Lipinski definition) is 3. The number of hydrogen-bond donors (Lipinski definition) is 1. The highest BCUT2D eigenvalue weighted by Crippen LogP contribution is 1.89. The first-order valence-corrected chi connectivity index (χ1v) is 5.41. The summed E-state index contributed by atoms with van der Waals surface area (Å²) < 4.78 is 5.59. The molecule has 0 atom stereocenters. The van der Waals surface area contributed by atoms with E-state index in [0.717, 1.165) is 17.6 Å². The molecule has 1 heterocycles. The lowest BCUT2D eigenvalue weighted by atomic mass is 10.4. The largest absolute Gasteiger partial charge is 0.460 e. The molecule has 16 heavy (non-hydrogen) atoms. The van der Waals surface area contributed by atoms with Crippen molar-refractivity contribution in [2.75, 3.05) is 40.8 Å². The normalized spacial score (nSPS) is 13.5. The van der Waals surface area contributed by atoms with Gasteiger partial charge >= 0.3 is 5.97 Å². The lowest BCUT2D eigenvalue weighted by Gasteiger charge is -2.23. The number of dihydropyridines is 1. The van der Waals surface area contributed by atoms with Crippen molar-refractivity contribution in [2.45, 2.75) is 6.92 Å². The van der Waals surface area contributed by atoms with Crippen molar-refractivity contribution in [3.8, 4) is 0 Å². The molecule has 0 saturated heterocycles. The standard InChI is InChI=1S/C7H16NO2.C5H7N/c1-7(9)10-6-5-8(2,3)4;1-2-4-6-5-3-1/h5-6H2,1-4H3;1-4,6H,5H2/q+1;. The molecule has 0 aromatic rings. The van der Waals surface area contributed by atoms with Gasteiger partial charge in [0.25, 0.3) is 0 Å². The molecule has 4 heteroatoms. The Kier molecular flexibility index (Phi) is 7.29. The van der Waals surface area contributed by atoms with Crippen molar-refractivity contribution in [3.05, 3.63) is 24.4 Å². The van der Waals surface area contributed by atoms with Crippen LogP contribution in [0.1, 0.15) is 6.92 Å². The van der Waals surface area contributed by atoms with Crippen LogP contribution in [0.4, 0.5) is 0 Å². The molecule has 0 fully saturated rings. The van der Waals surface area contributed by atoms with E-state index < -0.39 is 0 Å². The molecular formula is C12H23N2O2+. The molecular weight excluding hydrogens is 204 g/mol. The van der Waals surface area contributed by atoms with Gasteiger partial charge in [0.05, 0.1) is 21.1 Å². The second-order valence-electron chi connectivity index (χ2n) is 4.55. The Hall–Kier alpha value is -1.29. The van der Waals surface area contributed by atoms with Gasteiger partial charge in [-0.3, -0.25) is 4.79 Å². The second-order valence-corrected chi connectivity index (χ2v) is 4.55. The van der Waals surface area contributed by atoms with E-state index in [-0.39, 0.29) is 5.97 Å². The minimum absolute atomic E-state index is 0.201. The number of ether oxygens (including phenoxy) is 1. The van der Waals surface area contributed by atoms with Crippen molar-refractivity contribution in [3.63, 3.8) is 0 Å². The SMILES string of the molecule is C1=CCNC=C1.CC(=O)OCC[N+](C)(C)C. The van der Waals surface area contributed by atoms with Crippen LogP contribution in [0, 0.1) is 0 Å². The first-order chi connectivity index (χ1) is 7.42. The number of nitrogens with one attached hydrogen (secondary N) is 1. The fraction of sp³-hybridized carbons (Fsp3) is 0.583. The summed E-state index contributed by atoms with van der Waals surface area (Å²) >= 11 is 0. The average molecular weight is 227 g/mol. The first kappa shape index (κ1) is 14.7. The monoisotopic (exact) mass is 227 g/mol. The smallest absolute Gasteiger partial charge is 0.302 e. The Morgan fingerprint density at radius 1 is 1.38 bits per heavy atom. The molecule has 0 aliphatic carbocycles. The first-order valence-electron chi connectivity index (χ1n) is 5.41. The zero-order chi connectivity index (χ0) is 12.4. The molecule has 0 aromatic heterocycles. The molecule has 0 saturated carbocycles. The summed E-state index contributed by atoms with van der Waals surface area (Å²) in [5, 5.41) is 3.02. The van der Waals surface area contributed by atoms with E-state index in [1.807, 2.05) is 18.4 Å². The second kappa shape index (κ2) is 7.93. The van der Waals surface area contributed by atoms with Crippen molar-refractivity contribution in [2.24, 2.45) is 0 Å². The third kappa shape index (κ3) is 12.7. The van der Waals surface area contributed by atoms with Gasteiger partial charge in [0.1, 0.15) is 13.2 Å². The van der Waals surface area contributed by atoms with Crippen molar-refractivity contribution in [1.29, 1.82) is 0 Å². The molecule has 0 spiro atoms. The average Bonchev–Trinajstić information content (AvgIpc) is 2.18. The van der Waals surface area contributed by atoms with Crippen LogP contribution in [0.5, 0.6) is 0 Å². The van der Waals surface area contributed by atoms with Gasteiger partial charge in [-0.25, -0.2) is 0 Å². The topological polar surface area (TPSA) is 38.3 Å². The number of nitrogens with zero attached hydrogens (tertiary/aromatic N) is 1. The fourth-order valence-corrected chi connectivity index (χ4v) is 0.870. The van der Waals surface area contributed by atoms with Crippen molar-refractivity contribution in [1.82, 2.24) is 5.32 Å². The number of rotatable bonds is 3. The van der Waals surface area contributed by atoms with Crippen LogP contribution in [0.25, 0.3) is 0 Å². The number of carbonyl (C=O) groups excluding carboxylic acids is 1. The Labute approximate surface area is 98.2 Å². The quantitative estimate of drug-likeness (QED) is 0.575. The molecule has 1 N–H and O–H groups in total. The minimum Gasteiger partial charge on any atom is -0.460 e. The highest BCUT2D eigenvalue weighted by molar-refractivity contribution is 5.65. The van der Waals surface area contributed by atoms with Gasteiger partial charge in [0.15, 0.2) is 0 Å². The van der Waals surface area contributed by atoms with Gasteiger partial charge in [-0.1, -0.05) is 12.2 Å². The zero-order valence-corrected chi connectivity index (χ0v) is 10.7. The molecule has 0 bridgehead atoms. The van der Waals surface area contributed by atoms with E-state index in [1.54, 1.807) is 0 Å². The molecule has 0 amide bonds. The number of quaternary nitrogens is 1. The molecule has 1 aliphatic rings. The maximum atomic E-state index is 10.3. The number of likely N-dealkylation sites (N-methyl/N-ethyl adjacent to an activating group) is 1. The molecule has 4 nitrogen and oxygen atoms in total. The lowest BCUT2D eigenvalue weighted by molar-refractivity contribution is -0.870. The zero-order valence-electron chi connectivity index (χ0n) is 10.7. The summed E-state index contributed by atoms with van der Waals surface area (Å²) in [6.07, 6.45) is 8.00. The van der Waals surface area contributed by atoms with Crippen LogP contribution in [0.2, 0.25) is 0 Å². The van der Waals surface area contributed by atoms with E-state index in [1.165, 1.54) is 6.92 Å². The fourth-order valence-electron chi connectivity index (χ4n) is 0.870. The predicted octanol–water partition coefficient (Wildman–Crippen LogP) is 0.915. The molecule has 1 rings (SSSR count). The van der Waals surface area contributed by atoms with E-state index in [0.29, 0.717) is 6.61 Å². The molecule has 1 aliphatic heterocycles.